The summed E-state index contributed by atoms with van der Waals surface area (Å²) in [6.45, 7) is 1.91. The van der Waals surface area contributed by atoms with Crippen LogP contribution in [0.5, 0.6) is 0 Å². The fourth-order valence-electron chi connectivity index (χ4n) is 1.73. The lowest BCUT2D eigenvalue weighted by Gasteiger charge is -2.06. The van der Waals surface area contributed by atoms with E-state index in [4.69, 9.17) is 4.42 Å². The fraction of sp³-hybridized carbons (Fsp3) is 0.267. The van der Waals surface area contributed by atoms with E-state index in [0.717, 1.165) is 5.56 Å². The van der Waals surface area contributed by atoms with Crippen LogP contribution in [-0.2, 0) is 16.0 Å². The number of hydrogen-bond donors (Lipinski definition) is 2. The van der Waals surface area contributed by atoms with Crippen LogP contribution in [0.3, 0.4) is 0 Å². The zero-order valence-electron chi connectivity index (χ0n) is 12.2. The van der Waals surface area contributed by atoms with Crippen LogP contribution in [0.2, 0.25) is 0 Å². The minimum absolute atomic E-state index is 0.140. The van der Waals surface area contributed by atoms with E-state index in [1.165, 1.54) is 0 Å². The number of carbonyl (C=O) groups is 2. The predicted octanol–water partition coefficient (Wildman–Crippen LogP) is 2.05. The van der Waals surface area contributed by atoms with Crippen molar-refractivity contribution in [2.45, 2.75) is 19.8 Å². The summed E-state index contributed by atoms with van der Waals surface area (Å²) < 4.78 is 10.2. The number of carbonyl (C=O) groups excluding carboxylic acids is 2. The normalized spacial score (nSPS) is 10.0. The first-order valence-corrected chi connectivity index (χ1v) is 6.90. The number of benzene rings is 1. The van der Waals surface area contributed by atoms with Gasteiger partial charge >= 0.3 is 6.09 Å². The molecule has 0 aliphatic heterocycles. The number of oxazole rings is 1. The van der Waals surface area contributed by atoms with Gasteiger partial charge in [-0.3, -0.25) is 10.2 Å². The summed E-state index contributed by atoms with van der Waals surface area (Å²) in [4.78, 5) is 26.7. The Balaban J connectivity index is 1.79. The van der Waals surface area contributed by atoms with E-state index in [0.29, 0.717) is 18.1 Å². The Labute approximate surface area is 127 Å². The van der Waals surface area contributed by atoms with Gasteiger partial charge in [0.25, 0.3) is 0 Å². The molecule has 0 radical (unpaired) electrons. The van der Waals surface area contributed by atoms with Gasteiger partial charge in [-0.1, -0.05) is 30.3 Å². The summed E-state index contributed by atoms with van der Waals surface area (Å²) in [7, 11) is 0. The summed E-state index contributed by atoms with van der Waals surface area (Å²) >= 11 is 0. The summed E-state index contributed by atoms with van der Waals surface area (Å²) in [6, 6.07) is 9.57. The van der Waals surface area contributed by atoms with Crippen molar-refractivity contribution in [2.24, 2.45) is 0 Å². The smallest absolute Gasteiger partial charge is 0.426 e. The summed E-state index contributed by atoms with van der Waals surface area (Å²) in [5.74, 6) is 0.762. The van der Waals surface area contributed by atoms with Crippen molar-refractivity contribution in [3.05, 3.63) is 42.4 Å². The molecule has 1 aromatic carbocycles. The Morgan fingerprint density at radius 3 is 2.73 bits per heavy atom. The second-order valence-electron chi connectivity index (χ2n) is 4.38. The first-order chi connectivity index (χ1) is 10.7. The molecule has 2 rings (SSSR count). The molecule has 1 heterocycles. The predicted molar refractivity (Wildman–Crippen MR) is 78.6 cm³/mol. The number of rotatable bonds is 5. The minimum atomic E-state index is -0.696. The maximum absolute atomic E-state index is 11.6. The van der Waals surface area contributed by atoms with Gasteiger partial charge in [0, 0.05) is 18.4 Å². The van der Waals surface area contributed by atoms with Crippen molar-refractivity contribution in [3.8, 4) is 11.3 Å². The van der Waals surface area contributed by atoms with Crippen molar-refractivity contribution in [1.29, 1.82) is 0 Å². The van der Waals surface area contributed by atoms with Gasteiger partial charge in [0.1, 0.15) is 0 Å². The first kappa shape index (κ1) is 15.6. The van der Waals surface area contributed by atoms with Crippen LogP contribution in [0.4, 0.5) is 4.79 Å². The second-order valence-corrected chi connectivity index (χ2v) is 4.38. The first-order valence-electron chi connectivity index (χ1n) is 6.90. The van der Waals surface area contributed by atoms with Gasteiger partial charge in [0.15, 0.2) is 11.7 Å². The Morgan fingerprint density at radius 2 is 2.00 bits per heavy atom. The molecule has 2 N–H and O–H groups in total. The van der Waals surface area contributed by atoms with Crippen LogP contribution in [0.15, 0.2) is 40.9 Å². The van der Waals surface area contributed by atoms with E-state index in [2.05, 4.69) is 20.6 Å². The van der Waals surface area contributed by atoms with Crippen LogP contribution in [0.1, 0.15) is 19.2 Å². The molecule has 7 nitrogen and oxygen atoms in total. The van der Waals surface area contributed by atoms with Crippen molar-refractivity contribution in [1.82, 2.24) is 15.8 Å². The van der Waals surface area contributed by atoms with Gasteiger partial charge < -0.3 is 9.15 Å². The number of aromatic nitrogens is 1. The van der Waals surface area contributed by atoms with Crippen LogP contribution < -0.4 is 10.9 Å². The number of amides is 2. The molecule has 22 heavy (non-hydrogen) atoms. The largest absolute Gasteiger partial charge is 0.449 e. The van der Waals surface area contributed by atoms with Gasteiger partial charge in [-0.15, -0.1) is 0 Å². The highest BCUT2D eigenvalue weighted by atomic mass is 16.5. The van der Waals surface area contributed by atoms with Crippen LogP contribution in [0.25, 0.3) is 11.3 Å². The Hall–Kier alpha value is -2.83. The highest BCUT2D eigenvalue weighted by Gasteiger charge is 2.09. The maximum atomic E-state index is 11.6. The molecule has 0 atom stereocenters. The average molecular weight is 303 g/mol. The third kappa shape index (κ3) is 4.62. The molecule has 0 aliphatic rings. The number of hydrazine groups is 1. The molecule has 1 aromatic heterocycles. The summed E-state index contributed by atoms with van der Waals surface area (Å²) in [6.07, 6.45) is 1.40. The lowest BCUT2D eigenvalue weighted by molar-refractivity contribution is -0.122. The van der Waals surface area contributed by atoms with Crippen molar-refractivity contribution in [3.63, 3.8) is 0 Å². The Kier molecular flexibility index (Phi) is 5.53. The molecule has 0 unspecified atom stereocenters. The molecule has 0 spiro atoms. The van der Waals surface area contributed by atoms with Gasteiger partial charge in [0.2, 0.25) is 5.91 Å². The molecule has 2 amide bonds. The van der Waals surface area contributed by atoms with E-state index in [1.807, 2.05) is 30.3 Å². The van der Waals surface area contributed by atoms with E-state index in [9.17, 15) is 9.59 Å². The second kappa shape index (κ2) is 7.82. The molecule has 0 aliphatic carbocycles. The van der Waals surface area contributed by atoms with Crippen molar-refractivity contribution >= 4 is 12.0 Å². The number of aryl methyl sites for hydroxylation is 1. The number of nitrogens with one attached hydrogen (secondary N) is 2. The number of hydrogen-bond acceptors (Lipinski definition) is 5. The number of ether oxygens (including phenoxy) is 1. The lowest BCUT2D eigenvalue weighted by Crippen LogP contribution is -2.42. The molecule has 2 aromatic rings. The Bertz CT molecular complexity index is 625. The molecule has 0 fully saturated rings. The fourth-order valence-corrected chi connectivity index (χ4v) is 1.73. The molecular weight excluding hydrogens is 286 g/mol. The lowest BCUT2D eigenvalue weighted by atomic mass is 10.2. The van der Waals surface area contributed by atoms with E-state index in [-0.39, 0.29) is 18.9 Å². The van der Waals surface area contributed by atoms with Gasteiger partial charge in [-0.05, 0) is 6.92 Å². The molecule has 7 heteroatoms. The highest BCUT2D eigenvalue weighted by Crippen LogP contribution is 2.20. The zero-order chi connectivity index (χ0) is 15.8. The number of nitrogens with zero attached hydrogens (tertiary/aromatic N) is 1. The van der Waals surface area contributed by atoms with Gasteiger partial charge in [-0.2, -0.15) is 0 Å². The quantitative estimate of drug-likeness (QED) is 0.825. The minimum Gasteiger partial charge on any atom is -0.449 e. The maximum Gasteiger partial charge on any atom is 0.426 e. The summed E-state index contributed by atoms with van der Waals surface area (Å²) in [5.41, 5.74) is 5.31. The molecule has 0 saturated heterocycles. The van der Waals surface area contributed by atoms with Gasteiger partial charge in [-0.25, -0.2) is 15.2 Å². The molecule has 0 saturated carbocycles. The monoisotopic (exact) mass is 303 g/mol. The molecule has 0 bridgehead atoms. The van der Waals surface area contributed by atoms with Crippen LogP contribution >= 0.6 is 0 Å². The van der Waals surface area contributed by atoms with E-state index < -0.39 is 6.09 Å². The summed E-state index contributed by atoms with van der Waals surface area (Å²) in [5, 5.41) is 0. The van der Waals surface area contributed by atoms with Crippen molar-refractivity contribution < 1.29 is 18.7 Å². The van der Waals surface area contributed by atoms with Gasteiger partial charge in [0.05, 0.1) is 12.8 Å². The highest BCUT2D eigenvalue weighted by molar-refractivity contribution is 5.79. The molecule has 116 valence electrons. The van der Waals surface area contributed by atoms with Crippen molar-refractivity contribution in [2.75, 3.05) is 6.61 Å². The SMILES string of the molecule is CCOC(=O)NNC(=O)CCc1ncc(-c2ccccc2)o1. The Morgan fingerprint density at radius 1 is 1.23 bits per heavy atom. The zero-order valence-corrected chi connectivity index (χ0v) is 12.2. The third-order valence-electron chi connectivity index (χ3n) is 2.76. The average Bonchev–Trinajstić information content (AvgIpc) is 3.01. The molecular formula is C15H17N3O4. The topological polar surface area (TPSA) is 93.5 Å². The standard InChI is InChI=1S/C15H17N3O4/c1-2-21-15(20)18-17-13(19)8-9-14-16-10-12(22-14)11-6-4-3-5-7-11/h3-7,10H,2,8-9H2,1H3,(H,17,19)(H,18,20). The van der Waals surface area contributed by atoms with E-state index in [1.54, 1.807) is 13.1 Å². The third-order valence-corrected chi connectivity index (χ3v) is 2.76. The van der Waals surface area contributed by atoms with Crippen LogP contribution in [-0.4, -0.2) is 23.6 Å². The van der Waals surface area contributed by atoms with Crippen LogP contribution in [0, 0.1) is 0 Å². The van der Waals surface area contributed by atoms with E-state index >= 15 is 0 Å².